The number of carbonyl (C=O) groups excluding carboxylic acids is 1. The van der Waals surface area contributed by atoms with E-state index in [9.17, 15) is 4.79 Å². The second-order valence-electron chi connectivity index (χ2n) is 6.67. The molecule has 0 saturated heterocycles. The molecule has 2 aromatic rings. The molecular weight excluding hydrogens is 302 g/mol. The van der Waals surface area contributed by atoms with Crippen molar-refractivity contribution in [3.8, 4) is 0 Å². The summed E-state index contributed by atoms with van der Waals surface area (Å²) in [6, 6.07) is 4.32. The van der Waals surface area contributed by atoms with E-state index in [-0.39, 0.29) is 11.9 Å². The van der Waals surface area contributed by atoms with Crippen LogP contribution < -0.4 is 5.32 Å². The fourth-order valence-electron chi connectivity index (χ4n) is 3.30. The van der Waals surface area contributed by atoms with Gasteiger partial charge in [0.2, 0.25) is 0 Å². The molecule has 0 spiro atoms. The number of aromatic nitrogens is 4. The van der Waals surface area contributed by atoms with Gasteiger partial charge in [-0.2, -0.15) is 0 Å². The van der Waals surface area contributed by atoms with Crippen molar-refractivity contribution in [2.75, 3.05) is 0 Å². The fourth-order valence-corrected chi connectivity index (χ4v) is 3.30. The van der Waals surface area contributed by atoms with Gasteiger partial charge in [0, 0.05) is 18.4 Å². The first-order valence-corrected chi connectivity index (χ1v) is 8.84. The third-order valence-electron chi connectivity index (χ3n) is 4.58. The van der Waals surface area contributed by atoms with Crippen LogP contribution in [-0.2, 0) is 6.42 Å². The Morgan fingerprint density at radius 3 is 2.83 bits per heavy atom. The zero-order chi connectivity index (χ0) is 16.8. The minimum atomic E-state index is -0.161. The summed E-state index contributed by atoms with van der Waals surface area (Å²) < 4.78 is 1.88. The van der Waals surface area contributed by atoms with Gasteiger partial charge in [-0.25, -0.2) is 4.68 Å². The molecule has 1 fully saturated rings. The molecule has 0 radical (unpaired) electrons. The molecule has 128 valence electrons. The molecule has 0 unspecified atom stereocenters. The van der Waals surface area contributed by atoms with Crippen LogP contribution in [0.2, 0.25) is 0 Å². The molecule has 6 nitrogen and oxygen atoms in total. The second kappa shape index (κ2) is 8.04. The van der Waals surface area contributed by atoms with Gasteiger partial charge in [0.1, 0.15) is 0 Å². The van der Waals surface area contributed by atoms with E-state index < -0.39 is 0 Å². The average Bonchev–Trinajstić information content (AvgIpc) is 2.92. The minimum absolute atomic E-state index is 0.0183. The average molecular weight is 327 g/mol. The Bertz CT molecular complexity index is 646. The molecule has 1 N–H and O–H groups in total. The smallest absolute Gasteiger partial charge is 0.273 e. The number of nitrogens with zero attached hydrogens (tertiary/aromatic N) is 4. The molecule has 2 aromatic heterocycles. The maximum absolute atomic E-state index is 12.4. The Labute approximate surface area is 142 Å². The van der Waals surface area contributed by atoms with E-state index >= 15 is 0 Å². The highest BCUT2D eigenvalue weighted by atomic mass is 16.2. The van der Waals surface area contributed by atoms with Crippen LogP contribution in [0, 0.1) is 0 Å². The number of amides is 1. The quantitative estimate of drug-likeness (QED) is 0.857. The highest BCUT2D eigenvalue weighted by Crippen LogP contribution is 2.26. The van der Waals surface area contributed by atoms with Crippen molar-refractivity contribution in [2.45, 2.75) is 64.0 Å². The van der Waals surface area contributed by atoms with Gasteiger partial charge in [-0.1, -0.05) is 37.0 Å². The molecule has 24 heavy (non-hydrogen) atoms. The number of nitrogens with one attached hydrogen (secondary N) is 1. The van der Waals surface area contributed by atoms with E-state index in [0.717, 1.165) is 24.8 Å². The van der Waals surface area contributed by atoms with Gasteiger partial charge in [0.25, 0.3) is 5.91 Å². The third kappa shape index (κ3) is 4.40. The van der Waals surface area contributed by atoms with Crippen molar-refractivity contribution >= 4 is 5.91 Å². The first-order valence-electron chi connectivity index (χ1n) is 8.84. The summed E-state index contributed by atoms with van der Waals surface area (Å²) in [5.41, 5.74) is 1.50. The summed E-state index contributed by atoms with van der Waals surface area (Å²) in [6.07, 6.45) is 13.4. The maximum atomic E-state index is 12.4. The monoisotopic (exact) mass is 327 g/mol. The van der Waals surface area contributed by atoms with Crippen LogP contribution in [0.1, 0.15) is 67.5 Å². The zero-order valence-electron chi connectivity index (χ0n) is 14.2. The SMILES string of the molecule is C[C@@H](Cc1cccnc1)NC(=O)c1cn(C2CCCCCC2)nn1. The van der Waals surface area contributed by atoms with E-state index in [1.807, 2.05) is 29.9 Å². The first-order chi connectivity index (χ1) is 11.7. The van der Waals surface area contributed by atoms with E-state index in [4.69, 9.17) is 0 Å². The Morgan fingerprint density at radius 1 is 1.33 bits per heavy atom. The van der Waals surface area contributed by atoms with E-state index in [0.29, 0.717) is 11.7 Å². The van der Waals surface area contributed by atoms with Gasteiger partial charge < -0.3 is 5.32 Å². The van der Waals surface area contributed by atoms with E-state index in [2.05, 4.69) is 20.6 Å². The van der Waals surface area contributed by atoms with Gasteiger partial charge in [-0.05, 0) is 37.8 Å². The standard InChI is InChI=1S/C18H25N5O/c1-14(11-15-7-6-10-19-12-15)20-18(24)17-13-23(22-21-17)16-8-4-2-3-5-9-16/h6-7,10,12-14,16H,2-5,8-9,11H2,1H3,(H,20,24)/t14-/m0/s1. The zero-order valence-corrected chi connectivity index (χ0v) is 14.2. The van der Waals surface area contributed by atoms with Crippen LogP contribution in [0.5, 0.6) is 0 Å². The van der Waals surface area contributed by atoms with Crippen molar-refractivity contribution in [1.82, 2.24) is 25.3 Å². The predicted molar refractivity (Wildman–Crippen MR) is 91.6 cm³/mol. The third-order valence-corrected chi connectivity index (χ3v) is 4.58. The van der Waals surface area contributed by atoms with E-state index in [1.54, 1.807) is 12.4 Å². The van der Waals surface area contributed by atoms with Crippen LogP contribution in [0.3, 0.4) is 0 Å². The lowest BCUT2D eigenvalue weighted by Gasteiger charge is -2.13. The Morgan fingerprint density at radius 2 is 2.12 bits per heavy atom. The molecular formula is C18H25N5O. The van der Waals surface area contributed by atoms with Gasteiger partial charge >= 0.3 is 0 Å². The Balaban J connectivity index is 1.57. The molecule has 1 saturated carbocycles. The molecule has 2 heterocycles. The molecule has 1 amide bonds. The summed E-state index contributed by atoms with van der Waals surface area (Å²) in [6.45, 7) is 1.99. The van der Waals surface area contributed by atoms with E-state index in [1.165, 1.54) is 25.7 Å². The van der Waals surface area contributed by atoms with Crippen molar-refractivity contribution < 1.29 is 4.79 Å². The topological polar surface area (TPSA) is 72.7 Å². The van der Waals surface area contributed by atoms with Crippen LogP contribution in [0.25, 0.3) is 0 Å². The lowest BCUT2D eigenvalue weighted by Crippen LogP contribution is -2.34. The number of hydrogen-bond donors (Lipinski definition) is 1. The van der Waals surface area contributed by atoms with Crippen molar-refractivity contribution in [3.05, 3.63) is 42.0 Å². The summed E-state index contributed by atoms with van der Waals surface area (Å²) in [4.78, 5) is 16.5. The molecule has 1 aliphatic rings. The number of pyridine rings is 1. The Hall–Kier alpha value is -2.24. The molecule has 1 atom stereocenters. The highest BCUT2D eigenvalue weighted by Gasteiger charge is 2.19. The van der Waals surface area contributed by atoms with Crippen LogP contribution >= 0.6 is 0 Å². The largest absolute Gasteiger partial charge is 0.348 e. The maximum Gasteiger partial charge on any atom is 0.273 e. The van der Waals surface area contributed by atoms with Crippen LogP contribution in [-0.4, -0.2) is 31.9 Å². The fraction of sp³-hybridized carbons (Fsp3) is 0.556. The normalized spacial score (nSPS) is 17.2. The summed E-state index contributed by atoms with van der Waals surface area (Å²) in [5, 5.41) is 11.3. The van der Waals surface area contributed by atoms with Crippen LogP contribution in [0.4, 0.5) is 0 Å². The van der Waals surface area contributed by atoms with Gasteiger partial charge in [-0.15, -0.1) is 5.10 Å². The lowest BCUT2D eigenvalue weighted by molar-refractivity contribution is 0.0935. The van der Waals surface area contributed by atoms with Crippen molar-refractivity contribution in [1.29, 1.82) is 0 Å². The number of hydrogen-bond acceptors (Lipinski definition) is 4. The van der Waals surface area contributed by atoms with Gasteiger partial charge in [0.15, 0.2) is 5.69 Å². The van der Waals surface area contributed by atoms with Gasteiger partial charge in [0.05, 0.1) is 12.2 Å². The molecule has 6 heteroatoms. The van der Waals surface area contributed by atoms with Gasteiger partial charge in [-0.3, -0.25) is 9.78 Å². The summed E-state index contributed by atoms with van der Waals surface area (Å²) >= 11 is 0. The molecule has 0 bridgehead atoms. The lowest BCUT2D eigenvalue weighted by atomic mass is 10.1. The molecule has 0 aromatic carbocycles. The predicted octanol–water partition coefficient (Wildman–Crippen LogP) is 2.93. The first kappa shape index (κ1) is 16.6. The Kier molecular flexibility index (Phi) is 5.56. The summed E-state index contributed by atoms with van der Waals surface area (Å²) in [5.74, 6) is -0.161. The summed E-state index contributed by atoms with van der Waals surface area (Å²) in [7, 11) is 0. The number of rotatable bonds is 5. The molecule has 3 rings (SSSR count). The molecule has 0 aliphatic heterocycles. The second-order valence-corrected chi connectivity index (χ2v) is 6.67. The van der Waals surface area contributed by atoms with Crippen molar-refractivity contribution in [3.63, 3.8) is 0 Å². The minimum Gasteiger partial charge on any atom is -0.348 e. The number of carbonyl (C=O) groups is 1. The highest BCUT2D eigenvalue weighted by molar-refractivity contribution is 5.92. The van der Waals surface area contributed by atoms with Crippen LogP contribution in [0.15, 0.2) is 30.7 Å². The van der Waals surface area contributed by atoms with Crippen molar-refractivity contribution in [2.24, 2.45) is 0 Å². The molecule has 1 aliphatic carbocycles.